The van der Waals surface area contributed by atoms with Crippen LogP contribution in [0.1, 0.15) is 23.6 Å². The molecule has 0 spiro atoms. The van der Waals surface area contributed by atoms with E-state index in [-0.39, 0.29) is 0 Å². The molecule has 0 saturated carbocycles. The van der Waals surface area contributed by atoms with Crippen molar-refractivity contribution in [2.75, 3.05) is 13.7 Å². The Morgan fingerprint density at radius 2 is 1.90 bits per heavy atom. The second kappa shape index (κ2) is 5.83. The molecule has 0 fully saturated rings. The number of hydrogen-bond acceptors (Lipinski definition) is 3. The zero-order chi connectivity index (χ0) is 15.6. The smallest absolute Gasteiger partial charge is 0.401 e. The van der Waals surface area contributed by atoms with E-state index < -0.39 is 24.2 Å². The van der Waals surface area contributed by atoms with E-state index in [2.05, 4.69) is 10.1 Å². The summed E-state index contributed by atoms with van der Waals surface area (Å²) in [5, 5.41) is 2.27. The zero-order valence-corrected chi connectivity index (χ0v) is 11.9. The van der Waals surface area contributed by atoms with Crippen molar-refractivity contribution >= 4 is 5.97 Å². The third-order valence-corrected chi connectivity index (χ3v) is 3.17. The lowest BCUT2D eigenvalue weighted by Gasteiger charge is -2.30. The van der Waals surface area contributed by atoms with Crippen LogP contribution < -0.4 is 5.32 Å². The topological polar surface area (TPSA) is 38.3 Å². The molecule has 20 heavy (non-hydrogen) atoms. The normalized spacial score (nSPS) is 14.8. The van der Waals surface area contributed by atoms with E-state index >= 15 is 0 Å². The summed E-state index contributed by atoms with van der Waals surface area (Å²) in [4.78, 5) is 12.0. The molecule has 0 radical (unpaired) electrons. The first-order valence-electron chi connectivity index (χ1n) is 6.08. The number of carbonyl (C=O) groups is 1. The van der Waals surface area contributed by atoms with Crippen LogP contribution in [0.4, 0.5) is 13.2 Å². The Labute approximate surface area is 116 Å². The minimum atomic E-state index is -4.41. The van der Waals surface area contributed by atoms with Gasteiger partial charge in [-0.05, 0) is 31.9 Å². The molecule has 1 aromatic carbocycles. The third-order valence-electron chi connectivity index (χ3n) is 3.17. The van der Waals surface area contributed by atoms with Crippen molar-refractivity contribution in [3.8, 4) is 0 Å². The first-order chi connectivity index (χ1) is 9.10. The Morgan fingerprint density at radius 1 is 1.30 bits per heavy atom. The highest BCUT2D eigenvalue weighted by molar-refractivity contribution is 5.82. The maximum atomic E-state index is 12.4. The number of esters is 1. The van der Waals surface area contributed by atoms with Gasteiger partial charge in [0.05, 0.1) is 13.7 Å². The van der Waals surface area contributed by atoms with E-state index in [0.29, 0.717) is 5.56 Å². The van der Waals surface area contributed by atoms with Gasteiger partial charge in [-0.2, -0.15) is 13.2 Å². The molecule has 0 bridgehead atoms. The zero-order valence-electron chi connectivity index (χ0n) is 11.9. The fourth-order valence-corrected chi connectivity index (χ4v) is 2.03. The van der Waals surface area contributed by atoms with Crippen molar-refractivity contribution in [3.63, 3.8) is 0 Å². The molecule has 0 heterocycles. The number of alkyl halides is 3. The highest BCUT2D eigenvalue weighted by Gasteiger charge is 2.41. The molecule has 0 aliphatic carbocycles. The van der Waals surface area contributed by atoms with Crippen molar-refractivity contribution in [1.29, 1.82) is 0 Å². The van der Waals surface area contributed by atoms with Gasteiger partial charge in [0, 0.05) is 0 Å². The standard InChI is InChI=1S/C14H18F3NO2/c1-9-5-6-10(2)11(7-9)13(3,12(19)20-4)18-8-14(15,16)17/h5-7,18H,8H2,1-4H3. The van der Waals surface area contributed by atoms with Crippen LogP contribution in [0, 0.1) is 13.8 Å². The number of rotatable bonds is 4. The summed E-state index contributed by atoms with van der Waals surface area (Å²) in [5.74, 6) is -0.754. The van der Waals surface area contributed by atoms with Gasteiger partial charge in [0.2, 0.25) is 0 Å². The number of nitrogens with one attached hydrogen (secondary N) is 1. The quantitative estimate of drug-likeness (QED) is 0.866. The van der Waals surface area contributed by atoms with Gasteiger partial charge in [-0.1, -0.05) is 23.8 Å². The van der Waals surface area contributed by atoms with Crippen LogP contribution in [0.3, 0.4) is 0 Å². The molecular formula is C14H18F3NO2. The Bertz CT molecular complexity index is 500. The van der Waals surface area contributed by atoms with Crippen molar-refractivity contribution in [3.05, 3.63) is 34.9 Å². The molecule has 112 valence electrons. The van der Waals surface area contributed by atoms with Gasteiger partial charge in [-0.15, -0.1) is 0 Å². The third kappa shape index (κ3) is 3.72. The Morgan fingerprint density at radius 3 is 2.40 bits per heavy atom. The molecule has 0 saturated heterocycles. The lowest BCUT2D eigenvalue weighted by atomic mass is 9.87. The molecule has 1 rings (SSSR count). The van der Waals surface area contributed by atoms with Gasteiger partial charge >= 0.3 is 12.1 Å². The molecule has 6 heteroatoms. The van der Waals surface area contributed by atoms with E-state index in [4.69, 9.17) is 0 Å². The summed E-state index contributed by atoms with van der Waals surface area (Å²) in [6.45, 7) is 3.67. The second-order valence-corrected chi connectivity index (χ2v) is 4.90. The van der Waals surface area contributed by atoms with Gasteiger partial charge in [-0.3, -0.25) is 5.32 Å². The number of carbonyl (C=O) groups excluding carboxylic acids is 1. The first kappa shape index (κ1) is 16.5. The monoisotopic (exact) mass is 289 g/mol. The summed E-state index contributed by atoms with van der Waals surface area (Å²) in [5.41, 5.74) is 0.515. The summed E-state index contributed by atoms with van der Waals surface area (Å²) in [6, 6.07) is 5.29. The van der Waals surface area contributed by atoms with Crippen LogP contribution >= 0.6 is 0 Å². The maximum absolute atomic E-state index is 12.4. The minimum Gasteiger partial charge on any atom is -0.467 e. The average molecular weight is 289 g/mol. The maximum Gasteiger partial charge on any atom is 0.401 e. The van der Waals surface area contributed by atoms with Crippen LogP contribution in [0.25, 0.3) is 0 Å². The highest BCUT2D eigenvalue weighted by Crippen LogP contribution is 2.28. The van der Waals surface area contributed by atoms with Crippen LogP contribution in [0.15, 0.2) is 18.2 Å². The van der Waals surface area contributed by atoms with E-state index in [9.17, 15) is 18.0 Å². The number of halogens is 3. The minimum absolute atomic E-state index is 0.480. The highest BCUT2D eigenvalue weighted by atomic mass is 19.4. The summed E-state index contributed by atoms with van der Waals surface area (Å²) < 4.78 is 42.0. The van der Waals surface area contributed by atoms with Gasteiger partial charge in [0.25, 0.3) is 0 Å². The summed E-state index contributed by atoms with van der Waals surface area (Å²) >= 11 is 0. The number of hydrogen-bond donors (Lipinski definition) is 1. The van der Waals surface area contributed by atoms with Gasteiger partial charge in [0.1, 0.15) is 5.54 Å². The van der Waals surface area contributed by atoms with Crippen LogP contribution in [-0.2, 0) is 15.1 Å². The van der Waals surface area contributed by atoms with Gasteiger partial charge in [0.15, 0.2) is 0 Å². The number of methoxy groups -OCH3 is 1. The predicted molar refractivity (Wildman–Crippen MR) is 69.3 cm³/mol. The number of ether oxygens (including phenoxy) is 1. The van der Waals surface area contributed by atoms with Gasteiger partial charge in [-0.25, -0.2) is 4.79 Å². The molecular weight excluding hydrogens is 271 g/mol. The second-order valence-electron chi connectivity index (χ2n) is 4.90. The Kier molecular flexibility index (Phi) is 4.81. The van der Waals surface area contributed by atoms with Crippen molar-refractivity contribution in [1.82, 2.24) is 5.32 Å². The van der Waals surface area contributed by atoms with Crippen molar-refractivity contribution < 1.29 is 22.7 Å². The molecule has 1 aromatic rings. The van der Waals surface area contributed by atoms with E-state index in [1.807, 2.05) is 13.0 Å². The van der Waals surface area contributed by atoms with Crippen molar-refractivity contribution in [2.24, 2.45) is 0 Å². The molecule has 1 unspecified atom stereocenters. The molecule has 1 atom stereocenters. The SMILES string of the molecule is COC(=O)C(C)(NCC(F)(F)F)c1cc(C)ccc1C. The van der Waals surface area contributed by atoms with E-state index in [0.717, 1.165) is 18.2 Å². The molecule has 3 nitrogen and oxygen atoms in total. The van der Waals surface area contributed by atoms with Crippen molar-refractivity contribution in [2.45, 2.75) is 32.5 Å². The van der Waals surface area contributed by atoms with E-state index in [1.165, 1.54) is 6.92 Å². The molecule has 1 N–H and O–H groups in total. The average Bonchev–Trinajstić information content (AvgIpc) is 2.37. The van der Waals surface area contributed by atoms with Crippen LogP contribution in [-0.4, -0.2) is 25.8 Å². The molecule has 0 amide bonds. The number of aryl methyl sites for hydroxylation is 2. The molecule has 0 aliphatic heterocycles. The Balaban J connectivity index is 3.23. The Hall–Kier alpha value is -1.56. The summed E-state index contributed by atoms with van der Waals surface area (Å²) in [6.07, 6.45) is -4.41. The lowest BCUT2D eigenvalue weighted by Crippen LogP contribution is -2.51. The largest absolute Gasteiger partial charge is 0.467 e. The fourth-order valence-electron chi connectivity index (χ4n) is 2.03. The van der Waals surface area contributed by atoms with Gasteiger partial charge < -0.3 is 4.74 Å². The lowest BCUT2D eigenvalue weighted by molar-refractivity contribution is -0.153. The van der Waals surface area contributed by atoms with Crippen LogP contribution in [0.2, 0.25) is 0 Å². The molecule has 0 aliphatic rings. The summed E-state index contributed by atoms with van der Waals surface area (Å²) in [7, 11) is 1.15. The molecule has 0 aromatic heterocycles. The van der Waals surface area contributed by atoms with E-state index in [1.54, 1.807) is 19.1 Å². The predicted octanol–water partition coefficient (Wildman–Crippen LogP) is 2.84. The fraction of sp³-hybridized carbons (Fsp3) is 0.500. The van der Waals surface area contributed by atoms with Crippen LogP contribution in [0.5, 0.6) is 0 Å². The number of benzene rings is 1. The first-order valence-corrected chi connectivity index (χ1v) is 6.08.